The van der Waals surface area contributed by atoms with Gasteiger partial charge < -0.3 is 14.5 Å². The fraction of sp³-hybridized carbons (Fsp3) is 0.250. The Kier molecular flexibility index (Phi) is 4.26. The number of likely N-dealkylation sites (tertiary alicyclic amines) is 1. The van der Waals surface area contributed by atoms with Crippen molar-refractivity contribution in [1.29, 1.82) is 0 Å². The zero-order valence-electron chi connectivity index (χ0n) is 14.2. The molecule has 1 saturated heterocycles. The average molecular weight is 349 g/mol. The number of carbonyl (C=O) groups excluding carboxylic acids is 1. The van der Waals surface area contributed by atoms with Crippen LogP contribution in [0.4, 0.5) is 0 Å². The Balaban J connectivity index is 1.54. The molecule has 3 heterocycles. The van der Waals surface area contributed by atoms with E-state index < -0.39 is 5.41 Å². The van der Waals surface area contributed by atoms with Gasteiger partial charge in [-0.1, -0.05) is 35.5 Å². The number of hydrogen-bond acceptors (Lipinski definition) is 5. The van der Waals surface area contributed by atoms with E-state index in [4.69, 9.17) is 4.52 Å². The summed E-state index contributed by atoms with van der Waals surface area (Å²) in [6.45, 7) is 1.04. The van der Waals surface area contributed by atoms with Crippen molar-refractivity contribution in [1.82, 2.24) is 15.0 Å². The Morgan fingerprint density at radius 3 is 2.69 bits per heavy atom. The molecular formula is C20H19N3O3. The van der Waals surface area contributed by atoms with Gasteiger partial charge in [0.2, 0.25) is 0 Å². The standard InChI is InChI=1S/C20H19N3O3/c24-14-20(16-4-2-1-3-5-16)8-11-23(13-20)19(25)17-12-18(26-22-17)15-6-9-21-10-7-15/h1-7,9-10,12,24H,8,11,13-14H2. The molecule has 1 unspecified atom stereocenters. The summed E-state index contributed by atoms with van der Waals surface area (Å²) in [6, 6.07) is 15.1. The summed E-state index contributed by atoms with van der Waals surface area (Å²) < 4.78 is 5.32. The number of benzene rings is 1. The van der Waals surface area contributed by atoms with Crippen LogP contribution in [0.5, 0.6) is 0 Å². The lowest BCUT2D eigenvalue weighted by atomic mass is 9.80. The molecule has 3 aromatic rings. The van der Waals surface area contributed by atoms with Gasteiger partial charge in [0.25, 0.3) is 5.91 Å². The molecule has 0 bridgehead atoms. The predicted octanol–water partition coefficient (Wildman–Crippen LogP) is 2.51. The summed E-state index contributed by atoms with van der Waals surface area (Å²) in [5, 5.41) is 13.9. The van der Waals surface area contributed by atoms with E-state index in [1.165, 1.54) is 0 Å². The van der Waals surface area contributed by atoms with Gasteiger partial charge in [-0.3, -0.25) is 9.78 Å². The highest BCUT2D eigenvalue weighted by molar-refractivity contribution is 5.93. The zero-order valence-corrected chi connectivity index (χ0v) is 14.2. The van der Waals surface area contributed by atoms with E-state index in [1.807, 2.05) is 30.3 Å². The first-order valence-corrected chi connectivity index (χ1v) is 8.55. The van der Waals surface area contributed by atoms with Gasteiger partial charge in [0.05, 0.1) is 6.61 Å². The molecule has 0 saturated carbocycles. The Bertz CT molecular complexity index is 895. The lowest BCUT2D eigenvalue weighted by Gasteiger charge is -2.27. The molecular weight excluding hydrogens is 330 g/mol. The van der Waals surface area contributed by atoms with Crippen LogP contribution in [0.1, 0.15) is 22.5 Å². The van der Waals surface area contributed by atoms with Gasteiger partial charge in [-0.15, -0.1) is 0 Å². The van der Waals surface area contributed by atoms with Crippen molar-refractivity contribution in [3.8, 4) is 11.3 Å². The fourth-order valence-corrected chi connectivity index (χ4v) is 3.48. The van der Waals surface area contributed by atoms with Crippen molar-refractivity contribution >= 4 is 5.91 Å². The summed E-state index contributed by atoms with van der Waals surface area (Å²) in [4.78, 5) is 18.5. The maximum Gasteiger partial charge on any atom is 0.276 e. The van der Waals surface area contributed by atoms with Crippen LogP contribution in [0.15, 0.2) is 65.4 Å². The lowest BCUT2D eigenvalue weighted by Crippen LogP contribution is -2.37. The summed E-state index contributed by atoms with van der Waals surface area (Å²) >= 11 is 0. The Morgan fingerprint density at radius 2 is 1.96 bits per heavy atom. The Morgan fingerprint density at radius 1 is 1.19 bits per heavy atom. The Hall–Kier alpha value is -2.99. The maximum absolute atomic E-state index is 12.8. The molecule has 26 heavy (non-hydrogen) atoms. The zero-order chi connectivity index (χ0) is 18.0. The number of hydrogen-bond donors (Lipinski definition) is 1. The smallest absolute Gasteiger partial charge is 0.276 e. The van der Waals surface area contributed by atoms with Gasteiger partial charge in [-0.25, -0.2) is 0 Å². The molecule has 1 atom stereocenters. The summed E-state index contributed by atoms with van der Waals surface area (Å²) in [5.74, 6) is 0.353. The second kappa shape index (κ2) is 6.72. The van der Waals surface area contributed by atoms with Gasteiger partial charge in [0, 0.05) is 42.5 Å². The van der Waals surface area contributed by atoms with Crippen LogP contribution in [0, 0.1) is 0 Å². The molecule has 0 spiro atoms. The molecule has 1 aliphatic heterocycles. The predicted molar refractivity (Wildman–Crippen MR) is 95.5 cm³/mol. The van der Waals surface area contributed by atoms with Crippen LogP contribution in [-0.4, -0.2) is 45.8 Å². The number of aliphatic hydroxyl groups excluding tert-OH is 1. The third-order valence-corrected chi connectivity index (χ3v) is 5.02. The molecule has 1 amide bonds. The van der Waals surface area contributed by atoms with Crippen molar-refractivity contribution in [3.63, 3.8) is 0 Å². The minimum atomic E-state index is -0.422. The van der Waals surface area contributed by atoms with Gasteiger partial charge in [-0.05, 0) is 24.1 Å². The third kappa shape index (κ3) is 2.88. The van der Waals surface area contributed by atoms with E-state index >= 15 is 0 Å². The molecule has 4 rings (SSSR count). The highest BCUT2D eigenvalue weighted by Gasteiger charge is 2.41. The minimum Gasteiger partial charge on any atom is -0.395 e. The SMILES string of the molecule is O=C(c1cc(-c2ccncc2)on1)N1CCC(CO)(c2ccccc2)C1. The molecule has 1 aromatic carbocycles. The fourth-order valence-electron chi connectivity index (χ4n) is 3.48. The first-order valence-electron chi connectivity index (χ1n) is 8.55. The van der Waals surface area contributed by atoms with Gasteiger partial charge in [0.15, 0.2) is 11.5 Å². The second-order valence-electron chi connectivity index (χ2n) is 6.59. The van der Waals surface area contributed by atoms with E-state index in [0.29, 0.717) is 25.3 Å². The largest absolute Gasteiger partial charge is 0.395 e. The molecule has 6 heteroatoms. The number of aromatic nitrogens is 2. The summed E-state index contributed by atoms with van der Waals surface area (Å²) in [6.07, 6.45) is 4.04. The van der Waals surface area contributed by atoms with Crippen molar-refractivity contribution in [2.24, 2.45) is 0 Å². The monoisotopic (exact) mass is 349 g/mol. The number of aliphatic hydroxyl groups is 1. The third-order valence-electron chi connectivity index (χ3n) is 5.02. The van der Waals surface area contributed by atoms with E-state index in [-0.39, 0.29) is 18.2 Å². The highest BCUT2D eigenvalue weighted by atomic mass is 16.5. The number of rotatable bonds is 4. The number of amides is 1. The van der Waals surface area contributed by atoms with Crippen LogP contribution in [0.3, 0.4) is 0 Å². The first-order chi connectivity index (χ1) is 12.7. The number of carbonyl (C=O) groups is 1. The molecule has 1 fully saturated rings. The first kappa shape index (κ1) is 16.5. The van der Waals surface area contributed by atoms with Gasteiger partial charge in [-0.2, -0.15) is 0 Å². The molecule has 1 N–H and O–H groups in total. The molecule has 0 aliphatic carbocycles. The van der Waals surface area contributed by atoms with Crippen molar-refractivity contribution in [2.75, 3.05) is 19.7 Å². The highest BCUT2D eigenvalue weighted by Crippen LogP contribution is 2.35. The Labute approximate surface area is 151 Å². The van der Waals surface area contributed by atoms with Crippen molar-refractivity contribution in [3.05, 3.63) is 72.2 Å². The lowest BCUT2D eigenvalue weighted by molar-refractivity contribution is 0.0764. The van der Waals surface area contributed by atoms with E-state index in [0.717, 1.165) is 11.1 Å². The molecule has 2 aromatic heterocycles. The second-order valence-corrected chi connectivity index (χ2v) is 6.59. The van der Waals surface area contributed by atoms with Crippen LogP contribution in [0.25, 0.3) is 11.3 Å². The summed E-state index contributed by atoms with van der Waals surface area (Å²) in [5.41, 5.74) is 1.73. The van der Waals surface area contributed by atoms with Crippen molar-refractivity contribution in [2.45, 2.75) is 11.8 Å². The normalized spacial score (nSPS) is 19.7. The topological polar surface area (TPSA) is 79.5 Å². The molecule has 132 valence electrons. The van der Waals surface area contributed by atoms with E-state index in [2.05, 4.69) is 10.1 Å². The van der Waals surface area contributed by atoms with Crippen LogP contribution in [0.2, 0.25) is 0 Å². The number of pyridine rings is 1. The van der Waals surface area contributed by atoms with Crippen molar-refractivity contribution < 1.29 is 14.4 Å². The van der Waals surface area contributed by atoms with Crippen LogP contribution in [-0.2, 0) is 5.41 Å². The van der Waals surface area contributed by atoms with E-state index in [9.17, 15) is 9.90 Å². The van der Waals surface area contributed by atoms with Gasteiger partial charge >= 0.3 is 0 Å². The quantitative estimate of drug-likeness (QED) is 0.783. The average Bonchev–Trinajstić information content (AvgIpc) is 3.37. The van der Waals surface area contributed by atoms with E-state index in [1.54, 1.807) is 35.5 Å². The molecule has 6 nitrogen and oxygen atoms in total. The van der Waals surface area contributed by atoms with Gasteiger partial charge in [0.1, 0.15) is 0 Å². The minimum absolute atomic E-state index is 0.00186. The number of nitrogens with zero attached hydrogens (tertiary/aromatic N) is 3. The van der Waals surface area contributed by atoms with Crippen LogP contribution >= 0.6 is 0 Å². The molecule has 0 radical (unpaired) electrons. The maximum atomic E-state index is 12.8. The van der Waals surface area contributed by atoms with Crippen LogP contribution < -0.4 is 0 Å². The summed E-state index contributed by atoms with van der Waals surface area (Å²) in [7, 11) is 0. The molecule has 1 aliphatic rings.